The molecular formula is C14H21N3O3. The molecule has 0 saturated heterocycles. The van der Waals surface area contributed by atoms with Crippen molar-refractivity contribution in [3.05, 3.63) is 33.9 Å². The van der Waals surface area contributed by atoms with Gasteiger partial charge in [-0.25, -0.2) is 0 Å². The van der Waals surface area contributed by atoms with E-state index in [0.29, 0.717) is 24.2 Å². The number of nitrogens with one attached hydrogen (secondary N) is 1. The first-order chi connectivity index (χ1) is 9.54. The van der Waals surface area contributed by atoms with E-state index < -0.39 is 4.92 Å². The van der Waals surface area contributed by atoms with Crippen molar-refractivity contribution in [2.45, 2.75) is 39.0 Å². The standard InChI is InChI=1S/C14H21N3O3/c1-11-7-8-12(10-13(11)17(19)20)16-14(18)6-4-2-3-5-9-15/h7-8,10H,2-6,9,15H2,1H3,(H,16,18). The molecule has 0 aliphatic carbocycles. The minimum atomic E-state index is -0.447. The Kier molecular flexibility index (Phi) is 6.66. The number of nitrogens with zero attached hydrogens (tertiary/aromatic N) is 1. The van der Waals surface area contributed by atoms with Crippen LogP contribution in [0.25, 0.3) is 0 Å². The van der Waals surface area contributed by atoms with Gasteiger partial charge in [-0.05, 0) is 32.4 Å². The Bertz CT molecular complexity index is 475. The van der Waals surface area contributed by atoms with Crippen LogP contribution >= 0.6 is 0 Å². The predicted octanol–water partition coefficient (Wildman–Crippen LogP) is 2.75. The molecule has 20 heavy (non-hydrogen) atoms. The number of benzene rings is 1. The summed E-state index contributed by atoms with van der Waals surface area (Å²) in [7, 11) is 0. The molecule has 0 unspecified atom stereocenters. The predicted molar refractivity (Wildman–Crippen MR) is 78.6 cm³/mol. The maximum Gasteiger partial charge on any atom is 0.274 e. The molecule has 0 aromatic heterocycles. The molecular weight excluding hydrogens is 258 g/mol. The normalized spacial score (nSPS) is 10.3. The zero-order valence-corrected chi connectivity index (χ0v) is 11.7. The van der Waals surface area contributed by atoms with Crippen molar-refractivity contribution < 1.29 is 9.72 Å². The van der Waals surface area contributed by atoms with Crippen molar-refractivity contribution >= 4 is 17.3 Å². The van der Waals surface area contributed by atoms with Crippen LogP contribution in [0, 0.1) is 17.0 Å². The number of rotatable bonds is 8. The summed E-state index contributed by atoms with van der Waals surface area (Å²) in [4.78, 5) is 22.1. The number of nitro groups is 1. The van der Waals surface area contributed by atoms with Gasteiger partial charge in [0.15, 0.2) is 0 Å². The number of nitro benzene ring substituents is 1. The first-order valence-corrected chi connectivity index (χ1v) is 6.79. The van der Waals surface area contributed by atoms with Gasteiger partial charge >= 0.3 is 0 Å². The Morgan fingerprint density at radius 3 is 2.65 bits per heavy atom. The topological polar surface area (TPSA) is 98.3 Å². The van der Waals surface area contributed by atoms with Gasteiger partial charge in [-0.1, -0.05) is 18.9 Å². The lowest BCUT2D eigenvalue weighted by molar-refractivity contribution is -0.385. The van der Waals surface area contributed by atoms with Crippen LogP contribution in [0.15, 0.2) is 18.2 Å². The molecule has 1 rings (SSSR count). The van der Waals surface area contributed by atoms with Crippen LogP contribution in [-0.4, -0.2) is 17.4 Å². The van der Waals surface area contributed by atoms with Gasteiger partial charge in [-0.15, -0.1) is 0 Å². The van der Waals surface area contributed by atoms with Crippen molar-refractivity contribution in [1.29, 1.82) is 0 Å². The lowest BCUT2D eigenvalue weighted by Gasteiger charge is -2.06. The highest BCUT2D eigenvalue weighted by atomic mass is 16.6. The van der Waals surface area contributed by atoms with Gasteiger partial charge < -0.3 is 11.1 Å². The van der Waals surface area contributed by atoms with Crippen molar-refractivity contribution in [1.82, 2.24) is 0 Å². The van der Waals surface area contributed by atoms with Gasteiger partial charge in [-0.2, -0.15) is 0 Å². The van der Waals surface area contributed by atoms with Gasteiger partial charge in [0.1, 0.15) is 0 Å². The highest BCUT2D eigenvalue weighted by Gasteiger charge is 2.12. The third-order valence-corrected chi connectivity index (χ3v) is 3.05. The van der Waals surface area contributed by atoms with Gasteiger partial charge in [-0.3, -0.25) is 14.9 Å². The van der Waals surface area contributed by atoms with E-state index in [1.807, 2.05) is 0 Å². The molecule has 0 atom stereocenters. The molecule has 0 heterocycles. The maximum atomic E-state index is 11.7. The molecule has 6 heteroatoms. The van der Waals surface area contributed by atoms with E-state index in [4.69, 9.17) is 5.73 Å². The smallest absolute Gasteiger partial charge is 0.274 e. The van der Waals surface area contributed by atoms with Crippen LogP contribution in [0.5, 0.6) is 0 Å². The quantitative estimate of drug-likeness (QED) is 0.434. The second kappa shape index (κ2) is 8.27. The number of carbonyl (C=O) groups is 1. The summed E-state index contributed by atoms with van der Waals surface area (Å²) in [6.07, 6.45) is 4.20. The molecule has 0 saturated carbocycles. The number of anilines is 1. The van der Waals surface area contributed by atoms with E-state index in [1.165, 1.54) is 6.07 Å². The van der Waals surface area contributed by atoms with Crippen molar-refractivity contribution in [3.8, 4) is 0 Å². The van der Waals surface area contributed by atoms with Crippen molar-refractivity contribution in [3.63, 3.8) is 0 Å². The first kappa shape index (κ1) is 16.1. The fourth-order valence-electron chi connectivity index (χ4n) is 1.89. The monoisotopic (exact) mass is 279 g/mol. The van der Waals surface area contributed by atoms with Crippen LogP contribution < -0.4 is 11.1 Å². The number of hydrogen-bond acceptors (Lipinski definition) is 4. The average molecular weight is 279 g/mol. The van der Waals surface area contributed by atoms with E-state index in [2.05, 4.69) is 5.32 Å². The summed E-state index contributed by atoms with van der Waals surface area (Å²) in [5.74, 6) is -0.115. The molecule has 0 aliphatic heterocycles. The summed E-state index contributed by atoms with van der Waals surface area (Å²) in [5.41, 5.74) is 6.45. The number of hydrogen-bond donors (Lipinski definition) is 2. The van der Waals surface area contributed by atoms with Gasteiger partial charge in [0.2, 0.25) is 5.91 Å². The summed E-state index contributed by atoms with van der Waals surface area (Å²) >= 11 is 0. The summed E-state index contributed by atoms with van der Waals surface area (Å²) in [5, 5.41) is 13.5. The second-order valence-electron chi connectivity index (χ2n) is 4.76. The molecule has 3 N–H and O–H groups in total. The average Bonchev–Trinajstić information content (AvgIpc) is 2.40. The molecule has 1 aromatic rings. The molecule has 6 nitrogen and oxygen atoms in total. The Labute approximate surface area is 118 Å². The van der Waals surface area contributed by atoms with E-state index >= 15 is 0 Å². The second-order valence-corrected chi connectivity index (χ2v) is 4.76. The molecule has 110 valence electrons. The zero-order chi connectivity index (χ0) is 15.0. The van der Waals surface area contributed by atoms with Gasteiger partial charge in [0.05, 0.1) is 4.92 Å². The van der Waals surface area contributed by atoms with E-state index in [-0.39, 0.29) is 11.6 Å². The SMILES string of the molecule is Cc1ccc(NC(=O)CCCCCCN)cc1[N+](=O)[O-]. The fourth-order valence-corrected chi connectivity index (χ4v) is 1.89. The Balaban J connectivity index is 2.46. The Morgan fingerprint density at radius 2 is 2.00 bits per heavy atom. The summed E-state index contributed by atoms with van der Waals surface area (Å²) in [6, 6.07) is 4.70. The molecule has 0 spiro atoms. The minimum Gasteiger partial charge on any atom is -0.330 e. The number of amides is 1. The lowest BCUT2D eigenvalue weighted by Crippen LogP contribution is -2.11. The van der Waals surface area contributed by atoms with Gasteiger partial charge in [0, 0.05) is 23.7 Å². The summed E-state index contributed by atoms with van der Waals surface area (Å²) in [6.45, 7) is 2.35. The van der Waals surface area contributed by atoms with Crippen LogP contribution in [0.1, 0.15) is 37.7 Å². The molecule has 1 aromatic carbocycles. The Morgan fingerprint density at radius 1 is 1.30 bits per heavy atom. The minimum absolute atomic E-state index is 0.0192. The first-order valence-electron chi connectivity index (χ1n) is 6.79. The van der Waals surface area contributed by atoms with Crippen molar-refractivity contribution in [2.24, 2.45) is 5.73 Å². The van der Waals surface area contributed by atoms with E-state index in [0.717, 1.165) is 25.7 Å². The maximum absolute atomic E-state index is 11.7. The molecule has 0 bridgehead atoms. The van der Waals surface area contributed by atoms with E-state index in [1.54, 1.807) is 19.1 Å². The van der Waals surface area contributed by atoms with E-state index in [9.17, 15) is 14.9 Å². The lowest BCUT2D eigenvalue weighted by atomic mass is 10.1. The van der Waals surface area contributed by atoms with Gasteiger partial charge in [0.25, 0.3) is 5.69 Å². The highest BCUT2D eigenvalue weighted by molar-refractivity contribution is 5.91. The molecule has 0 radical (unpaired) electrons. The third kappa shape index (κ3) is 5.36. The Hall–Kier alpha value is -1.95. The van der Waals surface area contributed by atoms with Crippen LogP contribution in [0.3, 0.4) is 0 Å². The number of nitrogens with two attached hydrogens (primary N) is 1. The number of aryl methyl sites for hydroxylation is 1. The number of unbranched alkanes of at least 4 members (excludes halogenated alkanes) is 3. The molecule has 1 amide bonds. The molecule has 0 fully saturated rings. The van der Waals surface area contributed by atoms with Crippen LogP contribution in [0.4, 0.5) is 11.4 Å². The zero-order valence-electron chi connectivity index (χ0n) is 11.7. The van der Waals surface area contributed by atoms with Crippen LogP contribution in [0.2, 0.25) is 0 Å². The summed E-state index contributed by atoms with van der Waals surface area (Å²) < 4.78 is 0. The molecule has 0 aliphatic rings. The van der Waals surface area contributed by atoms with Crippen LogP contribution in [-0.2, 0) is 4.79 Å². The number of carbonyl (C=O) groups excluding carboxylic acids is 1. The third-order valence-electron chi connectivity index (χ3n) is 3.05. The largest absolute Gasteiger partial charge is 0.330 e. The highest BCUT2D eigenvalue weighted by Crippen LogP contribution is 2.22. The van der Waals surface area contributed by atoms with Crippen molar-refractivity contribution in [2.75, 3.05) is 11.9 Å². The fraction of sp³-hybridized carbons (Fsp3) is 0.500.